The zero-order chi connectivity index (χ0) is 57.8. The summed E-state index contributed by atoms with van der Waals surface area (Å²) in [6.45, 7) is 1.78. The fourth-order valence-corrected chi connectivity index (χ4v) is 7.99. The molecule has 1 aliphatic heterocycles. The van der Waals surface area contributed by atoms with E-state index < -0.39 is 22.0 Å². The van der Waals surface area contributed by atoms with Crippen LogP contribution in [0.2, 0.25) is 5.02 Å². The summed E-state index contributed by atoms with van der Waals surface area (Å²) in [6.07, 6.45) is 4.20. The number of aldehydes is 1. The Kier molecular flexibility index (Phi) is 59.6. The molecule has 13 nitrogen and oxygen atoms in total. The van der Waals surface area contributed by atoms with Gasteiger partial charge in [0.05, 0.1) is 15.6 Å². The predicted molar refractivity (Wildman–Crippen MR) is 375 cm³/mol. The van der Waals surface area contributed by atoms with Gasteiger partial charge in [0.15, 0.2) is 6.61 Å². The number of nitrogens with two attached hydrogens (primary N) is 1. The van der Waals surface area contributed by atoms with E-state index in [2.05, 4.69) is 23.5 Å². The number of carbonyl (C=O) groups excluding carboxylic acids is 2. The quantitative estimate of drug-likeness (QED) is 0.0346. The van der Waals surface area contributed by atoms with Crippen molar-refractivity contribution in [1.82, 2.24) is 0 Å². The summed E-state index contributed by atoms with van der Waals surface area (Å²) in [5, 5.41) is 52.1. The molecule has 1 amide bonds. The maximum Gasteiger partial charge on any atom is 2.00 e. The zero-order valence-corrected chi connectivity index (χ0v) is 49.8. The first-order chi connectivity index (χ1) is 38.7. The minimum atomic E-state index is -3.87. The number of phenols is 3. The summed E-state index contributed by atoms with van der Waals surface area (Å²) in [4.78, 5) is 22.1. The van der Waals surface area contributed by atoms with E-state index in [1.807, 2.05) is 140 Å². The molecule has 0 spiro atoms. The molecule has 0 radical (unpaired) electrons. The summed E-state index contributed by atoms with van der Waals surface area (Å²) < 4.78 is 33.2. The van der Waals surface area contributed by atoms with Crippen LogP contribution >= 0.6 is 11.6 Å². The Morgan fingerprint density at radius 3 is 1.42 bits per heavy atom. The van der Waals surface area contributed by atoms with Gasteiger partial charge in [-0.1, -0.05) is 211 Å². The third kappa shape index (κ3) is 39.6. The molecule has 0 saturated carbocycles. The van der Waals surface area contributed by atoms with Crippen LogP contribution in [-0.2, 0) is 32.4 Å². The molecule has 0 aromatic heterocycles. The van der Waals surface area contributed by atoms with Crippen LogP contribution in [0.15, 0.2) is 241 Å². The number of ether oxygens (including phenoxy) is 2. The van der Waals surface area contributed by atoms with Crippen LogP contribution in [0.4, 0.5) is 5.69 Å². The van der Waals surface area contributed by atoms with Crippen molar-refractivity contribution >= 4 is 62.6 Å². The second kappa shape index (κ2) is 55.7. The van der Waals surface area contributed by atoms with Crippen LogP contribution in [0, 0.1) is 6.07 Å². The number of amides is 1. The number of hydrogen-bond donors (Lipinski definition) is 7. The van der Waals surface area contributed by atoms with Gasteiger partial charge in [-0.15, -0.1) is 0 Å². The molecule has 0 aliphatic carbocycles. The zero-order valence-electron chi connectivity index (χ0n) is 45.3. The number of hydrogen-bond acceptors (Lipinski definition) is 11. The first-order valence-electron chi connectivity index (χ1n) is 25.1. The number of halogens is 2. The first kappa shape index (κ1) is 96.3. The molecule has 9 aromatic rings. The van der Waals surface area contributed by atoms with Crippen molar-refractivity contribution in [1.29, 1.82) is 0 Å². The summed E-state index contributed by atoms with van der Waals surface area (Å²) >= 11 is 6.02. The number of anilines is 1. The van der Waals surface area contributed by atoms with Gasteiger partial charge in [0.25, 0.3) is 5.91 Å². The average Bonchev–Trinajstić information content (AvgIpc) is 4.16. The van der Waals surface area contributed by atoms with Crippen LogP contribution in [0.25, 0.3) is 0 Å². The minimum Gasteiger partial charge on any atom is -1.00 e. The summed E-state index contributed by atoms with van der Waals surface area (Å²) in [6, 6.07) is 73.7. The Morgan fingerprint density at radius 2 is 1.01 bits per heavy atom. The monoisotopic (exact) mass is 1350 g/mol. The van der Waals surface area contributed by atoms with Crippen molar-refractivity contribution in [3.63, 3.8) is 0 Å². The van der Waals surface area contributed by atoms with Gasteiger partial charge in [0.1, 0.15) is 35.4 Å². The second-order valence-electron chi connectivity index (χ2n) is 17.2. The molecule has 1 aliphatic rings. The Bertz CT molecular complexity index is 3260. The van der Waals surface area contributed by atoms with E-state index in [0.717, 1.165) is 49.9 Å². The van der Waals surface area contributed by atoms with E-state index in [-0.39, 0.29) is 133 Å². The van der Waals surface area contributed by atoms with Crippen molar-refractivity contribution in [3.05, 3.63) is 287 Å². The Hall–Kier alpha value is -7.35. The van der Waals surface area contributed by atoms with Gasteiger partial charge in [0, 0.05) is 25.9 Å². The second-order valence-corrected chi connectivity index (χ2v) is 19.2. The topological polar surface area (TPSA) is 226 Å². The van der Waals surface area contributed by atoms with E-state index in [4.69, 9.17) is 36.4 Å². The van der Waals surface area contributed by atoms with Gasteiger partial charge in [-0.3, -0.25) is 9.59 Å². The maximum absolute atomic E-state index is 12.2. The van der Waals surface area contributed by atoms with E-state index in [9.17, 15) is 33.3 Å². The largest absolute Gasteiger partial charge is 2.00 e. The number of aromatic hydroxyl groups is 3. The fourth-order valence-electron chi connectivity index (χ4n) is 7.16. The standard InChI is InChI=1S/C21H19ClN2O4S.C13H12O2.C13H12O.C7H6O2.C6H5.C4H8O.CH4O.8CH4.BrH.Mg/c22-19-13-18(29(23,26)27)9-10-20(19)24-21(25)14-28-17-8-4-7-16(12-17)11-15-5-2-1-3-6-15;14-12-8-4-7-11(9-12)13(15)10-5-2-1-3-6-10;14-13-8-4-7-12(10-13)9-11-5-2-1-3-6-11;8-5-6-2-1-3-7(9)4-6;1-2-4-6-5-3-1;1-2-4-5-3-1;1-2;;;;;;;;;;/h1-10,12-13H,11,14H2,(H,24,25)(H2,23,26,27);1-9,13-15H;1-8,10,14H,9H2;1-5,9H;1-5H;1-4H2;2H,1H3;8*1H4;1H;/q;;;;-1;;;;;;;;;;;;+2/p-1. The number of aliphatic hydroxyl groups excluding tert-OH is 2. The van der Waals surface area contributed by atoms with Crippen LogP contribution in [-0.4, -0.2) is 96.1 Å². The Balaban J connectivity index is -0.000000194. The van der Waals surface area contributed by atoms with Crippen molar-refractivity contribution < 1.29 is 70.0 Å². The fraction of sp³-hybridized carbons (Fsp3) is 0.233. The molecule has 9 aromatic carbocycles. The molecule has 1 saturated heterocycles. The van der Waals surface area contributed by atoms with Crippen LogP contribution in [0.1, 0.15) is 122 Å². The van der Waals surface area contributed by atoms with E-state index in [1.54, 1.807) is 54.6 Å². The summed E-state index contributed by atoms with van der Waals surface area (Å²) in [5.74, 6) is 0.772. The average molecular weight is 1350 g/mol. The van der Waals surface area contributed by atoms with Gasteiger partial charge >= 0.3 is 23.1 Å². The first-order valence-corrected chi connectivity index (χ1v) is 27.1. The van der Waals surface area contributed by atoms with Crippen LogP contribution in [0.5, 0.6) is 23.0 Å². The molecule has 0 bridgehead atoms. The maximum atomic E-state index is 12.2. The molecule has 8 N–H and O–H groups in total. The molecule has 1 heterocycles. The molecule has 10 rings (SSSR count). The molecule has 488 valence electrons. The smallest absolute Gasteiger partial charge is 1.00 e. The number of carbonyl (C=O) groups is 2. The van der Waals surface area contributed by atoms with Crippen molar-refractivity contribution in [3.8, 4) is 23.0 Å². The molecular formula is C73H98BrClMgN2O11S. The molecule has 1 unspecified atom stereocenters. The van der Waals surface area contributed by atoms with E-state index in [1.165, 1.54) is 54.3 Å². The Labute approximate surface area is 571 Å². The summed E-state index contributed by atoms with van der Waals surface area (Å²) in [5.41, 5.74) is 6.93. The number of aliphatic hydroxyl groups is 2. The normalized spacial score (nSPS) is 10.0. The molecular weight excluding hydrogens is 1250 g/mol. The number of phenolic OH excluding ortho intramolecular Hbond substituents is 3. The van der Waals surface area contributed by atoms with Gasteiger partial charge in [-0.05, 0) is 126 Å². The minimum absolute atomic E-state index is 0. The summed E-state index contributed by atoms with van der Waals surface area (Å²) in [7, 11) is -2.87. The van der Waals surface area contributed by atoms with E-state index >= 15 is 0 Å². The molecule has 1 fully saturated rings. The van der Waals surface area contributed by atoms with E-state index in [0.29, 0.717) is 28.9 Å². The third-order valence-electron chi connectivity index (χ3n) is 11.0. The number of rotatable bonds is 12. The number of benzene rings is 9. The molecule has 17 heteroatoms. The number of primary sulfonamides is 1. The van der Waals surface area contributed by atoms with Crippen LogP contribution < -0.4 is 32.2 Å². The Morgan fingerprint density at radius 1 is 0.578 bits per heavy atom. The van der Waals surface area contributed by atoms with Crippen molar-refractivity contribution in [2.45, 2.75) is 96.1 Å². The van der Waals surface area contributed by atoms with Gasteiger partial charge < -0.3 is 57.3 Å². The molecule has 90 heavy (non-hydrogen) atoms. The van der Waals surface area contributed by atoms with Gasteiger partial charge in [0.2, 0.25) is 10.0 Å². The van der Waals surface area contributed by atoms with Crippen LogP contribution in [0.3, 0.4) is 0 Å². The third-order valence-corrected chi connectivity index (χ3v) is 12.2. The van der Waals surface area contributed by atoms with Gasteiger partial charge in [-0.25, -0.2) is 13.6 Å². The van der Waals surface area contributed by atoms with Gasteiger partial charge in [-0.2, -0.15) is 36.4 Å². The number of sulfonamides is 1. The van der Waals surface area contributed by atoms with Crippen molar-refractivity contribution in [2.75, 3.05) is 32.2 Å². The molecule has 1 atom stereocenters. The SMILES string of the molecule is C.C.C.C.C.C.C.C.C1CCOC1.CO.NS(=O)(=O)c1ccc(NC(=O)COc2cccc(Cc3ccccc3)c2)c(Cl)c1.O=Cc1cccc(O)c1.Oc1cccc(C(O)c2ccccc2)c1.Oc1cccc(Cc2ccccc2)c1.[Br-].[Mg+2].[c-]1ccccc1. The predicted octanol–water partition coefficient (Wildman–Crippen LogP) is 13.9. The van der Waals surface area contributed by atoms with Crippen molar-refractivity contribution in [2.24, 2.45) is 5.14 Å². The number of nitrogens with one attached hydrogen (secondary N) is 1.